The van der Waals surface area contributed by atoms with Crippen molar-refractivity contribution in [1.82, 2.24) is 0 Å². The summed E-state index contributed by atoms with van der Waals surface area (Å²) in [5, 5.41) is 0. The average molecular weight is 285 g/mol. The number of ether oxygens (including phenoxy) is 1. The third kappa shape index (κ3) is 4.53. The number of carbonyl (C=O) groups excluding carboxylic acids is 1. The lowest BCUT2D eigenvalue weighted by Gasteiger charge is -2.40. The predicted octanol–water partition coefficient (Wildman–Crippen LogP) is 3.14. The molecule has 4 heteroatoms. The van der Waals surface area contributed by atoms with Crippen molar-refractivity contribution < 1.29 is 9.53 Å². The van der Waals surface area contributed by atoms with Gasteiger partial charge in [-0.3, -0.25) is 4.79 Å². The second-order valence-electron chi connectivity index (χ2n) is 5.64. The Labute approximate surface area is 121 Å². The number of hydrogen-bond donors (Lipinski definition) is 1. The Kier molecular flexibility index (Phi) is 6.40. The van der Waals surface area contributed by atoms with Gasteiger partial charge in [0.05, 0.1) is 6.61 Å². The number of hydrogen-bond acceptors (Lipinski definition) is 4. The lowest BCUT2D eigenvalue weighted by Crippen LogP contribution is -2.39. The quantitative estimate of drug-likeness (QED) is 0.602. The van der Waals surface area contributed by atoms with Crippen molar-refractivity contribution in [2.75, 3.05) is 12.4 Å². The van der Waals surface area contributed by atoms with Crippen LogP contribution in [0.3, 0.4) is 0 Å². The molecule has 2 N–H and O–H groups in total. The van der Waals surface area contributed by atoms with E-state index >= 15 is 0 Å². The molecule has 19 heavy (non-hydrogen) atoms. The van der Waals surface area contributed by atoms with Crippen molar-refractivity contribution in [2.24, 2.45) is 11.7 Å². The molecule has 0 heterocycles. The maximum atomic E-state index is 11.6. The summed E-state index contributed by atoms with van der Waals surface area (Å²) in [5.41, 5.74) is 7.37. The van der Waals surface area contributed by atoms with Crippen molar-refractivity contribution in [1.29, 1.82) is 0 Å². The molecule has 0 aromatic rings. The van der Waals surface area contributed by atoms with Crippen molar-refractivity contribution in [3.05, 3.63) is 11.6 Å². The van der Waals surface area contributed by atoms with E-state index in [0.29, 0.717) is 18.3 Å². The van der Waals surface area contributed by atoms with E-state index in [9.17, 15) is 4.79 Å². The van der Waals surface area contributed by atoms with Gasteiger partial charge in [-0.2, -0.15) is 11.8 Å². The number of nitrogens with two attached hydrogens (primary N) is 1. The van der Waals surface area contributed by atoms with Crippen molar-refractivity contribution >= 4 is 17.7 Å². The Morgan fingerprint density at radius 3 is 2.74 bits per heavy atom. The minimum Gasteiger partial charge on any atom is -0.465 e. The third-order valence-electron chi connectivity index (χ3n) is 3.93. The van der Waals surface area contributed by atoms with E-state index in [-0.39, 0.29) is 10.7 Å². The molecule has 0 aliphatic heterocycles. The van der Waals surface area contributed by atoms with Crippen LogP contribution < -0.4 is 5.73 Å². The fraction of sp³-hybridized carbons (Fsp3) is 0.800. The fourth-order valence-electron chi connectivity index (χ4n) is 2.36. The maximum absolute atomic E-state index is 11.6. The molecule has 1 aliphatic carbocycles. The van der Waals surface area contributed by atoms with Gasteiger partial charge in [-0.05, 0) is 39.0 Å². The van der Waals surface area contributed by atoms with E-state index in [1.54, 1.807) is 0 Å². The number of esters is 1. The highest BCUT2D eigenvalue weighted by atomic mass is 32.2. The Morgan fingerprint density at radius 1 is 1.58 bits per heavy atom. The summed E-state index contributed by atoms with van der Waals surface area (Å²) in [7, 11) is 0. The first-order valence-electron chi connectivity index (χ1n) is 7.13. The lowest BCUT2D eigenvalue weighted by atomic mass is 9.82. The van der Waals surface area contributed by atoms with E-state index < -0.39 is 6.04 Å². The van der Waals surface area contributed by atoms with Gasteiger partial charge in [0.25, 0.3) is 0 Å². The smallest absolute Gasteiger partial charge is 0.323 e. The predicted molar refractivity (Wildman–Crippen MR) is 82.2 cm³/mol. The summed E-state index contributed by atoms with van der Waals surface area (Å²) in [6.07, 6.45) is 5.75. The minimum absolute atomic E-state index is 0.226. The van der Waals surface area contributed by atoms with Crippen molar-refractivity contribution in [3.63, 3.8) is 0 Å². The molecule has 1 rings (SSSR count). The number of rotatable bonds is 6. The van der Waals surface area contributed by atoms with Gasteiger partial charge in [-0.1, -0.05) is 25.5 Å². The van der Waals surface area contributed by atoms with Crippen LogP contribution in [0.4, 0.5) is 0 Å². The molecule has 0 fully saturated rings. The van der Waals surface area contributed by atoms with Crippen molar-refractivity contribution in [2.45, 2.75) is 57.7 Å². The first-order chi connectivity index (χ1) is 8.91. The van der Waals surface area contributed by atoms with Crippen LogP contribution in [-0.2, 0) is 9.53 Å². The van der Waals surface area contributed by atoms with Crippen LogP contribution in [-0.4, -0.2) is 29.1 Å². The molecule has 0 aromatic heterocycles. The van der Waals surface area contributed by atoms with E-state index in [1.807, 2.05) is 18.7 Å². The molecule has 1 unspecified atom stereocenters. The van der Waals surface area contributed by atoms with Crippen molar-refractivity contribution in [3.8, 4) is 0 Å². The van der Waals surface area contributed by atoms with Gasteiger partial charge in [0.15, 0.2) is 0 Å². The van der Waals surface area contributed by atoms with Crippen LogP contribution in [0.25, 0.3) is 0 Å². The van der Waals surface area contributed by atoms with Crippen LogP contribution >= 0.6 is 11.8 Å². The molecule has 0 radical (unpaired) electrons. The minimum atomic E-state index is -0.507. The highest BCUT2D eigenvalue weighted by molar-refractivity contribution is 8.00. The zero-order valence-corrected chi connectivity index (χ0v) is 13.4. The highest BCUT2D eigenvalue weighted by Gasteiger charge is 2.36. The molecule has 2 atom stereocenters. The fourth-order valence-corrected chi connectivity index (χ4v) is 3.78. The molecule has 0 bridgehead atoms. The molecule has 3 nitrogen and oxygen atoms in total. The van der Waals surface area contributed by atoms with Gasteiger partial charge in [0.1, 0.15) is 6.04 Å². The normalized spacial score (nSPS) is 25.1. The van der Waals surface area contributed by atoms with Crippen LogP contribution in [0.5, 0.6) is 0 Å². The van der Waals surface area contributed by atoms with E-state index in [2.05, 4.69) is 26.8 Å². The van der Waals surface area contributed by atoms with Gasteiger partial charge in [0.2, 0.25) is 0 Å². The number of allylic oxidation sites excluding steroid dienone is 2. The van der Waals surface area contributed by atoms with E-state index in [1.165, 1.54) is 12.0 Å². The summed E-state index contributed by atoms with van der Waals surface area (Å²) in [6, 6.07) is -0.507. The molecule has 110 valence electrons. The second kappa shape index (κ2) is 7.34. The topological polar surface area (TPSA) is 52.3 Å². The Hall–Kier alpha value is -0.480. The van der Waals surface area contributed by atoms with E-state index in [0.717, 1.165) is 12.8 Å². The maximum Gasteiger partial charge on any atom is 0.323 e. The average Bonchev–Trinajstić information content (AvgIpc) is 2.38. The van der Waals surface area contributed by atoms with Gasteiger partial charge in [0, 0.05) is 10.5 Å². The van der Waals surface area contributed by atoms with Crippen LogP contribution in [0, 0.1) is 5.92 Å². The molecular weight excluding hydrogens is 258 g/mol. The summed E-state index contributed by atoms with van der Waals surface area (Å²) in [5.74, 6) is 0.942. The number of carbonyl (C=O) groups is 1. The Balaban J connectivity index is 2.58. The standard InChI is InChI=1S/C15H27NO2S/c1-5-18-14(17)13(16)10-19-15(11(2)3)8-6-12(4)7-9-15/h6,11,13H,5,7-10,16H2,1-4H3/t13-,15?/m0/s1. The van der Waals surface area contributed by atoms with Gasteiger partial charge in [-0.15, -0.1) is 0 Å². The van der Waals surface area contributed by atoms with Crippen LogP contribution in [0.15, 0.2) is 11.6 Å². The van der Waals surface area contributed by atoms with E-state index in [4.69, 9.17) is 10.5 Å². The zero-order valence-electron chi connectivity index (χ0n) is 12.6. The molecule has 0 amide bonds. The van der Waals surface area contributed by atoms with Crippen LogP contribution in [0.1, 0.15) is 47.0 Å². The Morgan fingerprint density at radius 2 is 2.26 bits per heavy atom. The van der Waals surface area contributed by atoms with Gasteiger partial charge in [-0.25, -0.2) is 0 Å². The first kappa shape index (κ1) is 16.6. The first-order valence-corrected chi connectivity index (χ1v) is 8.11. The second-order valence-corrected chi connectivity index (χ2v) is 7.08. The molecule has 0 saturated carbocycles. The molecular formula is C15H27NO2S. The van der Waals surface area contributed by atoms with Gasteiger partial charge < -0.3 is 10.5 Å². The summed E-state index contributed by atoms with van der Waals surface area (Å²) in [4.78, 5) is 11.6. The summed E-state index contributed by atoms with van der Waals surface area (Å²) >= 11 is 1.85. The molecule has 0 saturated heterocycles. The lowest BCUT2D eigenvalue weighted by molar-refractivity contribution is -0.144. The zero-order chi connectivity index (χ0) is 14.5. The highest BCUT2D eigenvalue weighted by Crippen LogP contribution is 2.44. The molecule has 0 aromatic carbocycles. The largest absolute Gasteiger partial charge is 0.465 e. The Bertz CT molecular complexity index is 341. The number of thioether (sulfide) groups is 1. The summed E-state index contributed by atoms with van der Waals surface area (Å²) in [6.45, 7) is 8.92. The SMILES string of the molecule is CCOC(=O)[C@@H](N)CSC1(C(C)C)CC=C(C)CC1. The van der Waals surface area contributed by atoms with Gasteiger partial charge >= 0.3 is 5.97 Å². The monoisotopic (exact) mass is 285 g/mol. The molecule has 1 aliphatic rings. The molecule has 0 spiro atoms. The van der Waals surface area contributed by atoms with Crippen LogP contribution in [0.2, 0.25) is 0 Å². The summed E-state index contributed by atoms with van der Waals surface area (Å²) < 4.78 is 5.19. The third-order valence-corrected chi connectivity index (χ3v) is 5.87.